The van der Waals surface area contributed by atoms with Crippen molar-refractivity contribution in [1.29, 1.82) is 0 Å². The predicted octanol–water partition coefficient (Wildman–Crippen LogP) is 0.255. The molecule has 0 aromatic heterocycles. The molecule has 1 aliphatic rings. The van der Waals surface area contributed by atoms with Crippen LogP contribution in [0.25, 0.3) is 0 Å². The number of rotatable bonds is 8. The Labute approximate surface area is 94.8 Å². The van der Waals surface area contributed by atoms with Gasteiger partial charge < -0.3 is 15.2 Å². The maximum Gasteiger partial charge on any atom is 0.230 e. The molecule has 0 heterocycles. The Hall–Kier alpha value is -0.260. The van der Waals surface area contributed by atoms with E-state index in [1.54, 1.807) is 18.9 Å². The lowest BCUT2D eigenvalue weighted by molar-refractivity contribution is -0.118. The third-order valence-corrected chi connectivity index (χ3v) is 3.54. The van der Waals surface area contributed by atoms with Gasteiger partial charge in [0.2, 0.25) is 5.91 Å². The Bertz CT molecular complexity index is 207. The van der Waals surface area contributed by atoms with Crippen LogP contribution in [0.2, 0.25) is 0 Å². The van der Waals surface area contributed by atoms with Crippen molar-refractivity contribution < 1.29 is 14.6 Å². The molecular weight excluding hydrogens is 214 g/mol. The smallest absolute Gasteiger partial charge is 0.230 e. The van der Waals surface area contributed by atoms with Crippen molar-refractivity contribution in [2.75, 3.05) is 38.4 Å². The summed E-state index contributed by atoms with van der Waals surface area (Å²) in [4.78, 5) is 11.3. The second-order valence-electron chi connectivity index (χ2n) is 3.98. The maximum atomic E-state index is 11.3. The van der Waals surface area contributed by atoms with E-state index in [2.05, 4.69) is 5.32 Å². The molecule has 4 nitrogen and oxygen atoms in total. The normalized spacial score (nSPS) is 17.5. The van der Waals surface area contributed by atoms with Crippen molar-refractivity contribution in [3.63, 3.8) is 0 Å². The SMILES string of the molecule is COCCSCC(=O)NCC1(CO)CC1. The second-order valence-corrected chi connectivity index (χ2v) is 5.09. The molecule has 15 heavy (non-hydrogen) atoms. The van der Waals surface area contributed by atoms with Crippen LogP contribution in [0, 0.1) is 5.41 Å². The molecule has 0 radical (unpaired) electrons. The van der Waals surface area contributed by atoms with E-state index < -0.39 is 0 Å². The molecule has 0 spiro atoms. The number of carbonyl (C=O) groups excluding carboxylic acids is 1. The van der Waals surface area contributed by atoms with Crippen molar-refractivity contribution in [2.45, 2.75) is 12.8 Å². The van der Waals surface area contributed by atoms with Crippen LogP contribution in [-0.4, -0.2) is 49.4 Å². The van der Waals surface area contributed by atoms with Gasteiger partial charge >= 0.3 is 0 Å². The number of methoxy groups -OCH3 is 1. The highest BCUT2D eigenvalue weighted by atomic mass is 32.2. The Morgan fingerprint density at radius 3 is 2.87 bits per heavy atom. The molecule has 0 aromatic carbocycles. The molecule has 1 saturated carbocycles. The lowest BCUT2D eigenvalue weighted by Gasteiger charge is -2.12. The highest BCUT2D eigenvalue weighted by Gasteiger charge is 2.41. The second kappa shape index (κ2) is 6.35. The standard InChI is InChI=1S/C10H19NO3S/c1-14-4-5-15-6-9(13)11-7-10(8-12)2-3-10/h12H,2-8H2,1H3,(H,11,13). The number of aliphatic hydroxyl groups is 1. The Kier molecular flexibility index (Phi) is 5.42. The van der Waals surface area contributed by atoms with E-state index in [1.165, 1.54) is 0 Å². The summed E-state index contributed by atoms with van der Waals surface area (Å²) in [7, 11) is 1.65. The fraction of sp³-hybridized carbons (Fsp3) is 0.900. The zero-order valence-electron chi connectivity index (χ0n) is 9.12. The van der Waals surface area contributed by atoms with Crippen LogP contribution in [0.1, 0.15) is 12.8 Å². The van der Waals surface area contributed by atoms with E-state index in [1.807, 2.05) is 0 Å². The van der Waals surface area contributed by atoms with Gasteiger partial charge in [-0.3, -0.25) is 4.79 Å². The van der Waals surface area contributed by atoms with E-state index in [9.17, 15) is 4.79 Å². The van der Waals surface area contributed by atoms with Crippen molar-refractivity contribution in [1.82, 2.24) is 5.32 Å². The first-order valence-electron chi connectivity index (χ1n) is 5.17. The summed E-state index contributed by atoms with van der Waals surface area (Å²) in [5, 5.41) is 11.9. The van der Waals surface area contributed by atoms with Gasteiger partial charge in [-0.15, -0.1) is 11.8 Å². The van der Waals surface area contributed by atoms with Crippen LogP contribution < -0.4 is 5.32 Å². The maximum absolute atomic E-state index is 11.3. The van der Waals surface area contributed by atoms with Crippen molar-refractivity contribution >= 4 is 17.7 Å². The van der Waals surface area contributed by atoms with E-state index in [0.29, 0.717) is 18.9 Å². The fourth-order valence-electron chi connectivity index (χ4n) is 1.21. The number of thioether (sulfide) groups is 1. The summed E-state index contributed by atoms with van der Waals surface area (Å²) in [6.07, 6.45) is 2.06. The molecule has 88 valence electrons. The molecule has 1 rings (SSSR count). The molecule has 0 aromatic rings. The minimum Gasteiger partial charge on any atom is -0.396 e. The number of hydrogen-bond donors (Lipinski definition) is 2. The Morgan fingerprint density at radius 2 is 2.33 bits per heavy atom. The summed E-state index contributed by atoms with van der Waals surface area (Å²) >= 11 is 1.56. The summed E-state index contributed by atoms with van der Waals surface area (Å²) in [6.45, 7) is 1.48. The van der Waals surface area contributed by atoms with E-state index in [0.717, 1.165) is 18.6 Å². The summed E-state index contributed by atoms with van der Waals surface area (Å²) in [5.41, 5.74) is 0.00680. The molecule has 0 saturated heterocycles. The monoisotopic (exact) mass is 233 g/mol. The molecule has 0 atom stereocenters. The van der Waals surface area contributed by atoms with Crippen LogP contribution in [-0.2, 0) is 9.53 Å². The average molecular weight is 233 g/mol. The van der Waals surface area contributed by atoms with E-state index in [-0.39, 0.29) is 17.9 Å². The van der Waals surface area contributed by atoms with Gasteiger partial charge in [0, 0.05) is 24.8 Å². The van der Waals surface area contributed by atoms with E-state index >= 15 is 0 Å². The molecule has 0 aliphatic heterocycles. The molecule has 2 N–H and O–H groups in total. The van der Waals surface area contributed by atoms with Crippen LogP contribution in [0.15, 0.2) is 0 Å². The minimum atomic E-state index is 0.00680. The van der Waals surface area contributed by atoms with Gasteiger partial charge in [-0.05, 0) is 12.8 Å². The zero-order valence-corrected chi connectivity index (χ0v) is 9.94. The fourth-order valence-corrected chi connectivity index (χ4v) is 1.93. The lowest BCUT2D eigenvalue weighted by Crippen LogP contribution is -2.33. The van der Waals surface area contributed by atoms with Crippen molar-refractivity contribution in [3.05, 3.63) is 0 Å². The lowest BCUT2D eigenvalue weighted by atomic mass is 10.1. The first-order chi connectivity index (χ1) is 7.22. The Morgan fingerprint density at radius 1 is 1.60 bits per heavy atom. The van der Waals surface area contributed by atoms with Crippen LogP contribution in [0.3, 0.4) is 0 Å². The quantitative estimate of drug-likeness (QED) is 0.590. The number of ether oxygens (including phenoxy) is 1. The first-order valence-corrected chi connectivity index (χ1v) is 6.32. The number of nitrogens with one attached hydrogen (secondary N) is 1. The summed E-state index contributed by atoms with van der Waals surface area (Å²) < 4.78 is 4.88. The molecule has 0 bridgehead atoms. The molecule has 1 amide bonds. The minimum absolute atomic E-state index is 0.00680. The molecule has 1 fully saturated rings. The molecular formula is C10H19NO3S. The van der Waals surface area contributed by atoms with Gasteiger partial charge in [0.05, 0.1) is 19.0 Å². The third kappa shape index (κ3) is 4.86. The van der Waals surface area contributed by atoms with Gasteiger partial charge in [0.15, 0.2) is 0 Å². The average Bonchev–Trinajstić information content (AvgIpc) is 3.02. The van der Waals surface area contributed by atoms with Crippen LogP contribution in [0.4, 0.5) is 0 Å². The number of carbonyl (C=O) groups is 1. The highest BCUT2D eigenvalue weighted by molar-refractivity contribution is 7.99. The number of amides is 1. The van der Waals surface area contributed by atoms with Gasteiger partial charge in [-0.1, -0.05) is 0 Å². The van der Waals surface area contributed by atoms with Gasteiger partial charge in [-0.2, -0.15) is 0 Å². The van der Waals surface area contributed by atoms with E-state index in [4.69, 9.17) is 9.84 Å². The zero-order chi connectivity index (χ0) is 11.1. The van der Waals surface area contributed by atoms with Crippen molar-refractivity contribution in [2.24, 2.45) is 5.41 Å². The van der Waals surface area contributed by atoms with Gasteiger partial charge in [0.25, 0.3) is 0 Å². The third-order valence-electron chi connectivity index (χ3n) is 2.62. The predicted molar refractivity (Wildman–Crippen MR) is 61.0 cm³/mol. The number of aliphatic hydroxyl groups excluding tert-OH is 1. The van der Waals surface area contributed by atoms with Gasteiger partial charge in [0.1, 0.15) is 0 Å². The summed E-state index contributed by atoms with van der Waals surface area (Å²) in [6, 6.07) is 0. The molecule has 0 unspecified atom stereocenters. The summed E-state index contributed by atoms with van der Waals surface area (Å²) in [5.74, 6) is 1.37. The first kappa shape index (κ1) is 12.8. The Balaban J connectivity index is 1.99. The highest BCUT2D eigenvalue weighted by Crippen LogP contribution is 2.44. The molecule has 5 heteroatoms. The molecule has 1 aliphatic carbocycles. The van der Waals surface area contributed by atoms with Gasteiger partial charge in [-0.25, -0.2) is 0 Å². The number of hydrogen-bond acceptors (Lipinski definition) is 4. The largest absolute Gasteiger partial charge is 0.396 e. The topological polar surface area (TPSA) is 58.6 Å². The van der Waals surface area contributed by atoms with Crippen LogP contribution >= 0.6 is 11.8 Å². The van der Waals surface area contributed by atoms with Crippen LogP contribution in [0.5, 0.6) is 0 Å². The van der Waals surface area contributed by atoms with Crippen molar-refractivity contribution in [3.8, 4) is 0 Å².